The minimum Gasteiger partial charge on any atom is -0.478 e. The third-order valence-electron chi connectivity index (χ3n) is 4.21. The summed E-state index contributed by atoms with van der Waals surface area (Å²) in [6, 6.07) is 4.85. The van der Waals surface area contributed by atoms with Crippen molar-refractivity contribution in [2.45, 2.75) is 25.7 Å². The number of aromatic nitrogens is 2. The first kappa shape index (κ1) is 15.4. The number of carboxylic acids is 1. The number of hydrogen-bond acceptors (Lipinski definition) is 5. The van der Waals surface area contributed by atoms with Gasteiger partial charge in [-0.3, -0.25) is 0 Å². The molecular formula is C17H14ClN3O2S. The molecule has 2 N–H and O–H groups in total. The summed E-state index contributed by atoms with van der Waals surface area (Å²) in [5, 5.41) is 13.7. The number of hydrogen-bond donors (Lipinski definition) is 2. The van der Waals surface area contributed by atoms with Crippen molar-refractivity contribution < 1.29 is 9.90 Å². The van der Waals surface area contributed by atoms with Crippen molar-refractivity contribution in [2.75, 3.05) is 5.32 Å². The highest BCUT2D eigenvalue weighted by Crippen LogP contribution is 2.39. The standard InChI is InChI=1S/C17H14ClN3O2S/c18-12-6-5-9(7-11(12)17(22)23)21-15-14-10-3-1-2-4-13(10)24-16(14)20-8-19-15/h5-8H,1-4H2,(H,22,23)(H,19,20,21). The molecule has 122 valence electrons. The van der Waals surface area contributed by atoms with Crippen molar-refractivity contribution in [3.8, 4) is 0 Å². The highest BCUT2D eigenvalue weighted by molar-refractivity contribution is 7.19. The summed E-state index contributed by atoms with van der Waals surface area (Å²) in [6.07, 6.45) is 6.07. The minimum absolute atomic E-state index is 0.0688. The van der Waals surface area contributed by atoms with Crippen LogP contribution in [0, 0.1) is 0 Å². The first-order valence-corrected chi connectivity index (χ1v) is 8.88. The zero-order chi connectivity index (χ0) is 16.7. The maximum atomic E-state index is 11.3. The summed E-state index contributed by atoms with van der Waals surface area (Å²) in [7, 11) is 0. The van der Waals surface area contributed by atoms with E-state index in [1.807, 2.05) is 0 Å². The summed E-state index contributed by atoms with van der Waals surface area (Å²) in [5.41, 5.74) is 2.05. The van der Waals surface area contributed by atoms with E-state index in [-0.39, 0.29) is 10.6 Å². The number of nitrogens with one attached hydrogen (secondary N) is 1. The van der Waals surface area contributed by atoms with Crippen LogP contribution < -0.4 is 5.32 Å². The molecule has 5 nitrogen and oxygen atoms in total. The summed E-state index contributed by atoms with van der Waals surface area (Å²) in [5.74, 6) is -0.331. The van der Waals surface area contributed by atoms with Gasteiger partial charge >= 0.3 is 5.97 Å². The van der Waals surface area contributed by atoms with Gasteiger partial charge in [0.2, 0.25) is 0 Å². The molecule has 0 fully saturated rings. The molecule has 1 aliphatic rings. The highest BCUT2D eigenvalue weighted by atomic mass is 35.5. The third kappa shape index (κ3) is 2.61. The second kappa shape index (κ2) is 6.03. The average molecular weight is 360 g/mol. The van der Waals surface area contributed by atoms with Crippen LogP contribution in [0.25, 0.3) is 10.2 Å². The topological polar surface area (TPSA) is 75.1 Å². The molecule has 3 aromatic rings. The quantitative estimate of drug-likeness (QED) is 0.711. The van der Waals surface area contributed by atoms with Gasteiger partial charge in [-0.25, -0.2) is 14.8 Å². The first-order valence-electron chi connectivity index (χ1n) is 7.68. The van der Waals surface area contributed by atoms with Gasteiger partial charge in [0.15, 0.2) is 0 Å². The molecule has 0 amide bonds. The van der Waals surface area contributed by atoms with Crippen LogP contribution in [0.15, 0.2) is 24.5 Å². The van der Waals surface area contributed by atoms with Crippen molar-refractivity contribution >= 4 is 50.6 Å². The SMILES string of the molecule is O=C(O)c1cc(Nc2ncnc3sc4c(c23)CCCC4)ccc1Cl. The second-order valence-corrected chi connectivity index (χ2v) is 7.23. The summed E-state index contributed by atoms with van der Waals surface area (Å²) in [4.78, 5) is 22.4. The van der Waals surface area contributed by atoms with E-state index in [9.17, 15) is 9.90 Å². The highest BCUT2D eigenvalue weighted by Gasteiger charge is 2.20. The number of thiophene rings is 1. The lowest BCUT2D eigenvalue weighted by Crippen LogP contribution is -2.02. The van der Waals surface area contributed by atoms with Gasteiger partial charge in [-0.1, -0.05) is 11.6 Å². The summed E-state index contributed by atoms with van der Waals surface area (Å²) in [6.45, 7) is 0. The van der Waals surface area contributed by atoms with Crippen LogP contribution in [0.5, 0.6) is 0 Å². The Hall–Kier alpha value is -2.18. The van der Waals surface area contributed by atoms with Gasteiger partial charge < -0.3 is 10.4 Å². The fourth-order valence-electron chi connectivity index (χ4n) is 3.09. The van der Waals surface area contributed by atoms with Gasteiger partial charge in [0, 0.05) is 10.6 Å². The van der Waals surface area contributed by atoms with E-state index < -0.39 is 5.97 Å². The van der Waals surface area contributed by atoms with Crippen molar-refractivity contribution in [3.05, 3.63) is 45.6 Å². The fraction of sp³-hybridized carbons (Fsp3) is 0.235. The number of aromatic carboxylic acids is 1. The number of rotatable bonds is 3. The summed E-state index contributed by atoms with van der Waals surface area (Å²) >= 11 is 7.66. The predicted octanol–water partition coefficient (Wildman–Crippen LogP) is 4.67. The molecule has 0 unspecified atom stereocenters. The Bertz CT molecular complexity index is 954. The predicted molar refractivity (Wildman–Crippen MR) is 95.8 cm³/mol. The zero-order valence-electron chi connectivity index (χ0n) is 12.7. The van der Waals surface area contributed by atoms with E-state index in [1.54, 1.807) is 29.8 Å². The van der Waals surface area contributed by atoms with Gasteiger partial charge in [0.1, 0.15) is 17.0 Å². The smallest absolute Gasteiger partial charge is 0.337 e. The number of aryl methyl sites for hydroxylation is 2. The molecule has 0 saturated carbocycles. The molecular weight excluding hydrogens is 346 g/mol. The van der Waals surface area contributed by atoms with E-state index in [1.165, 1.54) is 29.3 Å². The molecule has 24 heavy (non-hydrogen) atoms. The zero-order valence-corrected chi connectivity index (χ0v) is 14.2. The average Bonchev–Trinajstić information content (AvgIpc) is 2.96. The Kier molecular flexibility index (Phi) is 3.86. The Balaban J connectivity index is 1.79. The van der Waals surface area contributed by atoms with E-state index in [4.69, 9.17) is 11.6 Å². The molecule has 4 rings (SSSR count). The Morgan fingerprint density at radius 1 is 1.25 bits per heavy atom. The number of nitrogens with zero attached hydrogens (tertiary/aromatic N) is 2. The van der Waals surface area contributed by atoms with Crippen LogP contribution in [0.3, 0.4) is 0 Å². The molecule has 7 heteroatoms. The first-order chi connectivity index (χ1) is 11.6. The number of fused-ring (bicyclic) bond motifs is 3. The van der Waals surface area contributed by atoms with Gasteiger partial charge in [-0.15, -0.1) is 11.3 Å². The molecule has 1 aliphatic carbocycles. The Labute approximate surface area is 147 Å². The van der Waals surface area contributed by atoms with Gasteiger partial charge in [0.25, 0.3) is 0 Å². The molecule has 1 aromatic carbocycles. The largest absolute Gasteiger partial charge is 0.478 e. The van der Waals surface area contributed by atoms with Crippen molar-refractivity contribution in [1.29, 1.82) is 0 Å². The monoisotopic (exact) mass is 359 g/mol. The molecule has 0 atom stereocenters. The van der Waals surface area contributed by atoms with Gasteiger partial charge in [-0.2, -0.15) is 0 Å². The van der Waals surface area contributed by atoms with Gasteiger partial charge in [-0.05, 0) is 49.4 Å². The molecule has 0 radical (unpaired) electrons. The van der Waals surface area contributed by atoms with Crippen LogP contribution in [-0.4, -0.2) is 21.0 Å². The molecule has 2 aromatic heterocycles. The Morgan fingerprint density at radius 3 is 2.92 bits per heavy atom. The van der Waals surface area contributed by atoms with Crippen LogP contribution >= 0.6 is 22.9 Å². The fourth-order valence-corrected chi connectivity index (χ4v) is 4.52. The maximum absolute atomic E-state index is 11.3. The van der Waals surface area contributed by atoms with Crippen molar-refractivity contribution in [2.24, 2.45) is 0 Å². The normalized spacial score (nSPS) is 13.7. The second-order valence-electron chi connectivity index (χ2n) is 5.74. The lowest BCUT2D eigenvalue weighted by Gasteiger charge is -2.13. The number of halogens is 1. The van der Waals surface area contributed by atoms with Crippen molar-refractivity contribution in [1.82, 2.24) is 9.97 Å². The molecule has 0 aliphatic heterocycles. The summed E-state index contributed by atoms with van der Waals surface area (Å²) < 4.78 is 0. The van der Waals surface area contributed by atoms with E-state index in [2.05, 4.69) is 15.3 Å². The lowest BCUT2D eigenvalue weighted by atomic mass is 9.97. The van der Waals surface area contributed by atoms with E-state index >= 15 is 0 Å². The third-order valence-corrected chi connectivity index (χ3v) is 5.74. The lowest BCUT2D eigenvalue weighted by molar-refractivity contribution is 0.0697. The van der Waals surface area contributed by atoms with E-state index in [0.29, 0.717) is 5.69 Å². The van der Waals surface area contributed by atoms with Gasteiger partial charge in [0.05, 0.1) is 16.0 Å². The van der Waals surface area contributed by atoms with Crippen LogP contribution in [-0.2, 0) is 12.8 Å². The van der Waals surface area contributed by atoms with Crippen LogP contribution in [0.1, 0.15) is 33.6 Å². The molecule has 2 heterocycles. The molecule has 0 saturated heterocycles. The van der Waals surface area contributed by atoms with E-state index in [0.717, 1.165) is 28.9 Å². The maximum Gasteiger partial charge on any atom is 0.337 e. The Morgan fingerprint density at radius 2 is 2.08 bits per heavy atom. The van der Waals surface area contributed by atoms with Crippen LogP contribution in [0.2, 0.25) is 5.02 Å². The molecule has 0 spiro atoms. The number of carboxylic acid groups (broad SMARTS) is 1. The number of benzene rings is 1. The number of anilines is 2. The van der Waals surface area contributed by atoms with Crippen LogP contribution in [0.4, 0.5) is 11.5 Å². The number of carbonyl (C=O) groups is 1. The molecule has 0 bridgehead atoms. The van der Waals surface area contributed by atoms with Crippen molar-refractivity contribution in [3.63, 3.8) is 0 Å². The minimum atomic E-state index is -1.05.